The van der Waals surface area contributed by atoms with Gasteiger partial charge in [0.05, 0.1) is 42.8 Å². The van der Waals surface area contributed by atoms with Crippen molar-refractivity contribution in [3.05, 3.63) is 56.7 Å². The van der Waals surface area contributed by atoms with E-state index in [9.17, 15) is 9.59 Å². The molecule has 4 heterocycles. The molecule has 230 valence electrons. The fraction of sp³-hybridized carbons (Fsp3) is 0.484. The van der Waals surface area contributed by atoms with Gasteiger partial charge in [-0.2, -0.15) is 4.98 Å². The summed E-state index contributed by atoms with van der Waals surface area (Å²) >= 11 is 0. The van der Waals surface area contributed by atoms with Crippen molar-refractivity contribution < 1.29 is 14.2 Å². The summed E-state index contributed by atoms with van der Waals surface area (Å²) in [7, 11) is 1.73. The minimum Gasteiger partial charge on any atom is -0.490 e. The number of rotatable bonds is 7. The van der Waals surface area contributed by atoms with E-state index in [0.29, 0.717) is 80.7 Å². The quantitative estimate of drug-likeness (QED) is 0.309. The van der Waals surface area contributed by atoms with Crippen molar-refractivity contribution in [3.63, 3.8) is 0 Å². The van der Waals surface area contributed by atoms with Gasteiger partial charge in [-0.05, 0) is 51.8 Å². The van der Waals surface area contributed by atoms with Gasteiger partial charge in [0.15, 0.2) is 11.5 Å². The summed E-state index contributed by atoms with van der Waals surface area (Å²) in [6.45, 7) is 10.8. The first kappa shape index (κ1) is 30.6. The summed E-state index contributed by atoms with van der Waals surface area (Å²) in [5.74, 6) is 2.79. The highest BCUT2D eigenvalue weighted by Gasteiger charge is 2.28. The van der Waals surface area contributed by atoms with Gasteiger partial charge >= 0.3 is 5.69 Å². The number of anilines is 2. The van der Waals surface area contributed by atoms with Crippen molar-refractivity contribution in [2.75, 3.05) is 62.4 Å². The Morgan fingerprint density at radius 2 is 1.56 bits per heavy atom. The molecular formula is C31H39ClN6O5. The monoisotopic (exact) mass is 610 g/mol. The maximum absolute atomic E-state index is 13.6. The lowest BCUT2D eigenvalue weighted by molar-refractivity contribution is 0.122. The third-order valence-corrected chi connectivity index (χ3v) is 8.21. The van der Waals surface area contributed by atoms with Gasteiger partial charge in [0.2, 0.25) is 5.95 Å². The molecule has 2 fully saturated rings. The van der Waals surface area contributed by atoms with Gasteiger partial charge in [0.25, 0.3) is 5.56 Å². The second-order valence-corrected chi connectivity index (χ2v) is 10.9. The van der Waals surface area contributed by atoms with Gasteiger partial charge in [-0.1, -0.05) is 11.6 Å². The molecule has 0 radical (unpaired) electrons. The topological polar surface area (TPSA) is 104 Å². The zero-order valence-electron chi connectivity index (χ0n) is 25.2. The van der Waals surface area contributed by atoms with E-state index in [2.05, 4.69) is 9.80 Å². The Kier molecular flexibility index (Phi) is 9.12. The standard InChI is InChI=1S/C31H38N6O5.ClH/c1-5-41-26-18-22-24(19-27(26)42-6-2)32-30(36-13-15-40-16-14-36)33-28(22)35-11-9-21(10-12-35)37-29(38)23-17-20(3)7-8-25(23)34(4)31(37)39;/h7-8,17-19,21H,5-6,9-16H2,1-4H3;1H. The normalized spacial score (nSPS) is 16.0. The highest BCUT2D eigenvalue weighted by Crippen LogP contribution is 2.38. The molecule has 4 aromatic rings. The fourth-order valence-electron chi connectivity index (χ4n) is 6.04. The summed E-state index contributed by atoms with van der Waals surface area (Å²) in [6, 6.07) is 9.35. The third kappa shape index (κ3) is 5.75. The second kappa shape index (κ2) is 12.8. The van der Waals surface area contributed by atoms with E-state index in [4.69, 9.17) is 24.2 Å². The number of hydrogen-bond acceptors (Lipinski definition) is 9. The molecule has 0 spiro atoms. The number of morpholine rings is 1. The number of fused-ring (bicyclic) bond motifs is 2. The molecule has 2 aromatic heterocycles. The van der Waals surface area contributed by atoms with Crippen molar-refractivity contribution in [3.8, 4) is 11.5 Å². The van der Waals surface area contributed by atoms with E-state index in [1.807, 2.05) is 51.1 Å². The molecule has 0 atom stereocenters. The van der Waals surface area contributed by atoms with Crippen molar-refractivity contribution in [1.29, 1.82) is 0 Å². The first-order valence-corrected chi connectivity index (χ1v) is 14.8. The summed E-state index contributed by atoms with van der Waals surface area (Å²) < 4.78 is 20.5. The molecule has 12 heteroatoms. The highest BCUT2D eigenvalue weighted by molar-refractivity contribution is 5.93. The minimum atomic E-state index is -0.276. The molecule has 2 aliphatic rings. The summed E-state index contributed by atoms with van der Waals surface area (Å²) in [4.78, 5) is 41.3. The van der Waals surface area contributed by atoms with Crippen LogP contribution >= 0.6 is 12.4 Å². The van der Waals surface area contributed by atoms with Crippen LogP contribution in [0.1, 0.15) is 38.3 Å². The summed E-state index contributed by atoms with van der Waals surface area (Å²) in [5, 5.41) is 1.46. The molecule has 2 aliphatic heterocycles. The highest BCUT2D eigenvalue weighted by atomic mass is 35.5. The van der Waals surface area contributed by atoms with Crippen molar-refractivity contribution >= 4 is 46.0 Å². The Morgan fingerprint density at radius 1 is 0.884 bits per heavy atom. The van der Waals surface area contributed by atoms with Gasteiger partial charge in [0.1, 0.15) is 5.82 Å². The predicted octanol–water partition coefficient (Wildman–Crippen LogP) is 3.85. The number of aromatic nitrogens is 4. The van der Waals surface area contributed by atoms with Crippen LogP contribution in [0.5, 0.6) is 11.5 Å². The van der Waals surface area contributed by atoms with Crippen molar-refractivity contribution in [1.82, 2.24) is 19.1 Å². The SMILES string of the molecule is CCOc1cc2nc(N3CCOCC3)nc(N3CCC(n4c(=O)c5cc(C)ccc5n(C)c4=O)CC3)c2cc1OCC.Cl. The van der Waals surface area contributed by atoms with Crippen LogP contribution in [0.2, 0.25) is 0 Å². The van der Waals surface area contributed by atoms with E-state index in [1.54, 1.807) is 11.6 Å². The number of halogens is 1. The minimum absolute atomic E-state index is 0. The second-order valence-electron chi connectivity index (χ2n) is 10.9. The Hall–Kier alpha value is -3.83. The largest absolute Gasteiger partial charge is 0.490 e. The number of nitrogens with zero attached hydrogens (tertiary/aromatic N) is 6. The van der Waals surface area contributed by atoms with E-state index < -0.39 is 0 Å². The molecule has 6 rings (SSSR count). The average molecular weight is 611 g/mol. The van der Waals surface area contributed by atoms with Crippen LogP contribution in [0.3, 0.4) is 0 Å². The molecule has 2 aromatic carbocycles. The Morgan fingerprint density at radius 3 is 2.23 bits per heavy atom. The van der Waals surface area contributed by atoms with Crippen LogP contribution in [0.4, 0.5) is 11.8 Å². The maximum Gasteiger partial charge on any atom is 0.331 e. The van der Waals surface area contributed by atoms with Gasteiger partial charge in [-0.3, -0.25) is 13.9 Å². The molecule has 43 heavy (non-hydrogen) atoms. The molecule has 2 saturated heterocycles. The molecule has 0 saturated carbocycles. The van der Waals surface area contributed by atoms with E-state index in [-0.39, 0.29) is 29.7 Å². The lowest BCUT2D eigenvalue weighted by Gasteiger charge is -2.35. The van der Waals surface area contributed by atoms with Gasteiger partial charge in [0, 0.05) is 50.7 Å². The third-order valence-electron chi connectivity index (χ3n) is 8.21. The molecule has 0 amide bonds. The zero-order chi connectivity index (χ0) is 29.4. The number of benzene rings is 2. The molecule has 0 unspecified atom stereocenters. The smallest absolute Gasteiger partial charge is 0.331 e. The van der Waals surface area contributed by atoms with E-state index in [1.165, 1.54) is 4.57 Å². The van der Waals surface area contributed by atoms with Gasteiger partial charge in [-0.15, -0.1) is 12.4 Å². The lowest BCUT2D eigenvalue weighted by atomic mass is 10.0. The Bertz CT molecular complexity index is 1740. The van der Waals surface area contributed by atoms with E-state index >= 15 is 0 Å². The molecule has 11 nitrogen and oxygen atoms in total. The predicted molar refractivity (Wildman–Crippen MR) is 171 cm³/mol. The average Bonchev–Trinajstić information content (AvgIpc) is 3.01. The van der Waals surface area contributed by atoms with Crippen molar-refractivity contribution in [2.24, 2.45) is 7.05 Å². The fourth-order valence-corrected chi connectivity index (χ4v) is 6.04. The Labute approximate surface area is 256 Å². The van der Waals surface area contributed by atoms with Gasteiger partial charge in [-0.25, -0.2) is 9.78 Å². The van der Waals surface area contributed by atoms with Crippen molar-refractivity contribution in [2.45, 2.75) is 39.7 Å². The van der Waals surface area contributed by atoms with Crippen LogP contribution in [0, 0.1) is 6.92 Å². The van der Waals surface area contributed by atoms with Crippen LogP contribution in [0.25, 0.3) is 21.8 Å². The molecule has 0 bridgehead atoms. The Balaban J connectivity index is 0.00000368. The van der Waals surface area contributed by atoms with Gasteiger partial charge < -0.3 is 24.0 Å². The summed E-state index contributed by atoms with van der Waals surface area (Å²) in [6.07, 6.45) is 1.28. The van der Waals surface area contributed by atoms with Crippen LogP contribution < -0.4 is 30.5 Å². The molecule has 0 N–H and O–H groups in total. The van der Waals surface area contributed by atoms with Crippen LogP contribution in [0.15, 0.2) is 39.9 Å². The maximum atomic E-state index is 13.6. The number of hydrogen-bond donors (Lipinski definition) is 0. The zero-order valence-corrected chi connectivity index (χ0v) is 26.0. The molecule has 0 aliphatic carbocycles. The van der Waals surface area contributed by atoms with Crippen LogP contribution in [-0.2, 0) is 11.8 Å². The number of ether oxygens (including phenoxy) is 3. The lowest BCUT2D eigenvalue weighted by Crippen LogP contribution is -2.45. The number of piperidine rings is 1. The first-order chi connectivity index (χ1) is 20.4. The van der Waals surface area contributed by atoms with E-state index in [0.717, 1.165) is 35.4 Å². The first-order valence-electron chi connectivity index (χ1n) is 14.8. The summed E-state index contributed by atoms with van der Waals surface area (Å²) in [5.41, 5.74) is 1.93. The molecular weight excluding hydrogens is 572 g/mol. The van der Waals surface area contributed by atoms with Crippen LogP contribution in [-0.4, -0.2) is 71.7 Å². The number of aryl methyl sites for hydroxylation is 2.